The standard InChI is InChI=1S/C24H20N5O5S/c1-32-18-11-6-7-12-19(18)34-20-21(29-35(30,31)16-13-17-9-4-3-5-10-17)27-23(28-24(20)33-2)22-25-14-8-15-26-22/h3-16H,1-2H3/q-1. The minimum Gasteiger partial charge on any atom is -0.493 e. The molecule has 2 aromatic carbocycles. The molecule has 0 amide bonds. The molecule has 0 atom stereocenters. The predicted molar refractivity (Wildman–Crippen MR) is 130 cm³/mol. The second kappa shape index (κ2) is 10.6. The third-order valence-electron chi connectivity index (χ3n) is 4.50. The van der Waals surface area contributed by atoms with Gasteiger partial charge in [0.2, 0.25) is 0 Å². The number of aromatic nitrogens is 4. The maximum Gasteiger partial charge on any atom is 0.257 e. The molecule has 0 aliphatic rings. The number of hydrogen-bond acceptors (Lipinski definition) is 9. The minimum absolute atomic E-state index is 0.0100. The van der Waals surface area contributed by atoms with Crippen LogP contribution in [0.2, 0.25) is 0 Å². The highest BCUT2D eigenvalue weighted by Gasteiger charge is 2.17. The average Bonchev–Trinajstić information content (AvgIpc) is 2.89. The summed E-state index contributed by atoms with van der Waals surface area (Å²) in [5, 5.41) is 0.975. The van der Waals surface area contributed by atoms with Gasteiger partial charge in [-0.1, -0.05) is 42.5 Å². The molecule has 11 heteroatoms. The molecule has 0 radical (unpaired) electrons. The van der Waals surface area contributed by atoms with Gasteiger partial charge in [0.1, 0.15) is 5.82 Å². The zero-order valence-corrected chi connectivity index (χ0v) is 19.6. The molecule has 0 saturated heterocycles. The number of sulfonamides is 1. The molecule has 0 aliphatic carbocycles. The van der Waals surface area contributed by atoms with Crippen molar-refractivity contribution in [1.29, 1.82) is 0 Å². The Bertz CT molecular complexity index is 1430. The topological polar surface area (TPSA) is 127 Å². The summed E-state index contributed by atoms with van der Waals surface area (Å²) in [6, 6.07) is 17.4. The Morgan fingerprint density at radius 3 is 2.17 bits per heavy atom. The molecule has 4 aromatic rings. The summed E-state index contributed by atoms with van der Waals surface area (Å²) >= 11 is 0. The van der Waals surface area contributed by atoms with Gasteiger partial charge in [-0.25, -0.2) is 23.4 Å². The van der Waals surface area contributed by atoms with E-state index < -0.39 is 10.0 Å². The first-order valence-corrected chi connectivity index (χ1v) is 11.7. The summed E-state index contributed by atoms with van der Waals surface area (Å²) in [6.45, 7) is 0. The molecule has 4 rings (SSSR count). The average molecular weight is 491 g/mol. The molecular weight excluding hydrogens is 470 g/mol. The molecule has 2 heterocycles. The van der Waals surface area contributed by atoms with E-state index in [9.17, 15) is 8.42 Å². The second-order valence-corrected chi connectivity index (χ2v) is 8.34. The smallest absolute Gasteiger partial charge is 0.257 e. The van der Waals surface area contributed by atoms with Gasteiger partial charge < -0.3 is 23.9 Å². The van der Waals surface area contributed by atoms with Gasteiger partial charge in [0, 0.05) is 23.6 Å². The Kier molecular flexibility index (Phi) is 7.17. The fraction of sp³-hybridized carbons (Fsp3) is 0.0833. The van der Waals surface area contributed by atoms with E-state index in [1.165, 1.54) is 32.7 Å². The Labute approximate surface area is 202 Å². The van der Waals surface area contributed by atoms with Crippen LogP contribution >= 0.6 is 0 Å². The Morgan fingerprint density at radius 2 is 1.49 bits per heavy atom. The van der Waals surface area contributed by atoms with E-state index in [-0.39, 0.29) is 34.8 Å². The Balaban J connectivity index is 1.79. The maximum atomic E-state index is 12.9. The van der Waals surface area contributed by atoms with Crippen molar-refractivity contribution < 1.29 is 22.6 Å². The molecule has 0 N–H and O–H groups in total. The third kappa shape index (κ3) is 5.89. The molecule has 2 aromatic heterocycles. The van der Waals surface area contributed by atoms with E-state index in [1.54, 1.807) is 54.6 Å². The fourth-order valence-electron chi connectivity index (χ4n) is 2.92. The van der Waals surface area contributed by atoms with Crippen LogP contribution in [0.1, 0.15) is 5.56 Å². The largest absolute Gasteiger partial charge is 0.493 e. The van der Waals surface area contributed by atoms with Gasteiger partial charge in [-0.3, -0.25) is 0 Å². The summed E-state index contributed by atoms with van der Waals surface area (Å²) in [6.07, 6.45) is 4.44. The fourth-order valence-corrected chi connectivity index (χ4v) is 3.67. The summed E-state index contributed by atoms with van der Waals surface area (Å²) in [5.41, 5.74) is 0.690. The first-order chi connectivity index (χ1) is 17.0. The lowest BCUT2D eigenvalue weighted by Gasteiger charge is -2.22. The molecular formula is C24H20N5O5S-. The molecule has 0 unspecified atom stereocenters. The summed E-state index contributed by atoms with van der Waals surface area (Å²) < 4.78 is 46.3. The quantitative estimate of drug-likeness (QED) is 0.326. The number of para-hydroxylation sites is 2. The van der Waals surface area contributed by atoms with Gasteiger partial charge >= 0.3 is 0 Å². The van der Waals surface area contributed by atoms with Gasteiger partial charge in [-0.2, -0.15) is 0 Å². The second-order valence-electron chi connectivity index (χ2n) is 6.85. The van der Waals surface area contributed by atoms with Crippen LogP contribution in [-0.4, -0.2) is 42.6 Å². The van der Waals surface area contributed by atoms with Crippen molar-refractivity contribution in [3.05, 3.63) is 88.8 Å². The van der Waals surface area contributed by atoms with Crippen LogP contribution in [0.4, 0.5) is 5.82 Å². The summed E-state index contributed by atoms with van der Waals surface area (Å²) in [7, 11) is -1.30. The van der Waals surface area contributed by atoms with Crippen molar-refractivity contribution in [2.45, 2.75) is 0 Å². The molecule has 10 nitrogen and oxygen atoms in total. The zero-order chi connectivity index (χ0) is 24.7. The van der Waals surface area contributed by atoms with Crippen molar-refractivity contribution in [2.24, 2.45) is 0 Å². The van der Waals surface area contributed by atoms with E-state index in [0.717, 1.165) is 5.41 Å². The minimum atomic E-state index is -4.14. The number of ether oxygens (including phenoxy) is 3. The highest BCUT2D eigenvalue weighted by molar-refractivity contribution is 7.97. The van der Waals surface area contributed by atoms with Crippen LogP contribution in [0.15, 0.2) is 78.5 Å². The monoisotopic (exact) mass is 490 g/mol. The number of benzene rings is 2. The molecule has 35 heavy (non-hydrogen) atoms. The molecule has 0 spiro atoms. The van der Waals surface area contributed by atoms with Gasteiger partial charge in [-0.15, -0.1) is 0 Å². The van der Waals surface area contributed by atoms with Gasteiger partial charge in [0.15, 0.2) is 33.1 Å². The van der Waals surface area contributed by atoms with Crippen LogP contribution in [0.25, 0.3) is 22.4 Å². The summed E-state index contributed by atoms with van der Waals surface area (Å²) in [4.78, 5) is 16.8. The van der Waals surface area contributed by atoms with Crippen LogP contribution in [-0.2, 0) is 10.0 Å². The van der Waals surface area contributed by atoms with Crippen molar-refractivity contribution in [3.8, 4) is 34.8 Å². The molecule has 0 saturated carbocycles. The lowest BCUT2D eigenvalue weighted by atomic mass is 10.2. The van der Waals surface area contributed by atoms with E-state index in [2.05, 4.69) is 24.7 Å². The lowest BCUT2D eigenvalue weighted by molar-refractivity contribution is 0.348. The number of hydrogen-bond donors (Lipinski definition) is 0. The molecule has 178 valence electrons. The lowest BCUT2D eigenvalue weighted by Crippen LogP contribution is -2.03. The van der Waals surface area contributed by atoms with Crippen LogP contribution in [0, 0.1) is 0 Å². The Hall–Kier alpha value is -4.51. The first-order valence-electron chi connectivity index (χ1n) is 10.2. The molecule has 0 aliphatic heterocycles. The third-order valence-corrected chi connectivity index (χ3v) is 5.41. The number of rotatable bonds is 9. The van der Waals surface area contributed by atoms with Crippen LogP contribution in [0.5, 0.6) is 23.1 Å². The first kappa shape index (κ1) is 23.6. The zero-order valence-electron chi connectivity index (χ0n) is 18.8. The van der Waals surface area contributed by atoms with Gasteiger partial charge in [-0.05, 0) is 29.8 Å². The van der Waals surface area contributed by atoms with Crippen molar-refractivity contribution in [1.82, 2.24) is 19.9 Å². The SMILES string of the molecule is COc1ccccc1Oc1c([N-]S(=O)(=O)C=Cc2ccccc2)nc(-c2ncccn2)nc1OC. The summed E-state index contributed by atoms with van der Waals surface area (Å²) in [5.74, 6) is 0.391. The maximum absolute atomic E-state index is 12.9. The molecule has 0 bridgehead atoms. The van der Waals surface area contributed by atoms with Gasteiger partial charge in [0.05, 0.1) is 14.2 Å². The highest BCUT2D eigenvalue weighted by Crippen LogP contribution is 2.44. The van der Waals surface area contributed by atoms with Crippen molar-refractivity contribution in [2.75, 3.05) is 14.2 Å². The van der Waals surface area contributed by atoms with Gasteiger partial charge in [0.25, 0.3) is 5.88 Å². The van der Waals surface area contributed by atoms with Crippen LogP contribution in [0.3, 0.4) is 0 Å². The predicted octanol–water partition coefficient (Wildman–Crippen LogP) is 4.75. The van der Waals surface area contributed by atoms with E-state index in [1.807, 2.05) is 6.07 Å². The van der Waals surface area contributed by atoms with E-state index in [4.69, 9.17) is 14.2 Å². The van der Waals surface area contributed by atoms with Crippen molar-refractivity contribution in [3.63, 3.8) is 0 Å². The van der Waals surface area contributed by atoms with Crippen molar-refractivity contribution >= 4 is 21.9 Å². The van der Waals surface area contributed by atoms with E-state index >= 15 is 0 Å². The Morgan fingerprint density at radius 1 is 0.800 bits per heavy atom. The number of methoxy groups -OCH3 is 2. The van der Waals surface area contributed by atoms with Crippen LogP contribution < -0.4 is 14.2 Å². The molecule has 0 fully saturated rings. The number of nitrogens with zero attached hydrogens (tertiary/aromatic N) is 5. The highest BCUT2D eigenvalue weighted by atomic mass is 32.2. The normalized spacial score (nSPS) is 11.3. The van der Waals surface area contributed by atoms with E-state index in [0.29, 0.717) is 11.3 Å².